The number of carbonyl (C=O) groups is 1. The molecule has 6 nitrogen and oxygen atoms in total. The van der Waals surface area contributed by atoms with E-state index in [1.807, 2.05) is 15.6 Å². The van der Waals surface area contributed by atoms with Crippen LogP contribution in [0.1, 0.15) is 78.9 Å². The van der Waals surface area contributed by atoms with E-state index in [-0.39, 0.29) is 11.9 Å². The number of amides is 1. The third kappa shape index (κ3) is 3.06. The Balaban J connectivity index is 1.52. The molecule has 0 unspecified atom stereocenters. The number of aromatic nitrogens is 4. The number of aryl methyl sites for hydroxylation is 1. The lowest BCUT2D eigenvalue weighted by atomic mass is 10.1. The van der Waals surface area contributed by atoms with Crippen molar-refractivity contribution in [1.29, 1.82) is 0 Å². The fourth-order valence-electron chi connectivity index (χ4n) is 4.42. The molecule has 140 valence electrons. The zero-order chi connectivity index (χ0) is 18.4. The zero-order valence-electron chi connectivity index (χ0n) is 16.3. The second-order valence-electron chi connectivity index (χ2n) is 8.18. The quantitative estimate of drug-likeness (QED) is 0.825. The Morgan fingerprint density at radius 2 is 2.04 bits per heavy atom. The average molecular weight is 355 g/mol. The smallest absolute Gasteiger partial charge is 0.255 e. The Kier molecular flexibility index (Phi) is 4.37. The first-order valence-corrected chi connectivity index (χ1v) is 9.85. The van der Waals surface area contributed by atoms with E-state index in [9.17, 15) is 4.79 Å². The molecule has 0 bridgehead atoms. The summed E-state index contributed by atoms with van der Waals surface area (Å²) in [5.41, 5.74) is 4.19. The summed E-state index contributed by atoms with van der Waals surface area (Å²) >= 11 is 0. The maximum Gasteiger partial charge on any atom is 0.255 e. The molecule has 2 aromatic rings. The van der Waals surface area contributed by atoms with E-state index in [0.29, 0.717) is 12.0 Å². The predicted molar refractivity (Wildman–Crippen MR) is 100 cm³/mol. The van der Waals surface area contributed by atoms with Gasteiger partial charge in [-0.2, -0.15) is 0 Å². The van der Waals surface area contributed by atoms with Crippen LogP contribution < -0.4 is 0 Å². The molecule has 2 fully saturated rings. The molecule has 1 amide bonds. The summed E-state index contributed by atoms with van der Waals surface area (Å²) < 4.78 is 4.18. The van der Waals surface area contributed by atoms with E-state index in [1.165, 1.54) is 12.8 Å². The molecule has 1 atom stereocenters. The van der Waals surface area contributed by atoms with Crippen LogP contribution >= 0.6 is 0 Å². The second kappa shape index (κ2) is 6.56. The highest BCUT2D eigenvalue weighted by Crippen LogP contribution is 2.38. The molecule has 0 N–H and O–H groups in total. The summed E-state index contributed by atoms with van der Waals surface area (Å²) in [4.78, 5) is 15.3. The number of hydrogen-bond donors (Lipinski definition) is 0. The Hall–Kier alpha value is -2.11. The first kappa shape index (κ1) is 17.3. The van der Waals surface area contributed by atoms with Crippen LogP contribution in [-0.2, 0) is 6.54 Å². The Bertz CT molecular complexity index is 814. The molecule has 0 radical (unpaired) electrons. The third-order valence-electron chi connectivity index (χ3n) is 5.82. The van der Waals surface area contributed by atoms with Crippen molar-refractivity contribution >= 4 is 5.91 Å². The summed E-state index contributed by atoms with van der Waals surface area (Å²) in [6.45, 7) is 10.0. The Labute approximate surface area is 155 Å². The molecule has 26 heavy (non-hydrogen) atoms. The van der Waals surface area contributed by atoms with Crippen molar-refractivity contribution in [3.63, 3.8) is 0 Å². The molecule has 1 aliphatic heterocycles. The van der Waals surface area contributed by atoms with Gasteiger partial charge >= 0.3 is 0 Å². The van der Waals surface area contributed by atoms with Gasteiger partial charge in [-0.25, -0.2) is 0 Å². The van der Waals surface area contributed by atoms with Crippen molar-refractivity contribution in [2.45, 2.75) is 77.9 Å². The van der Waals surface area contributed by atoms with Gasteiger partial charge in [-0.3, -0.25) is 9.48 Å². The molecule has 4 rings (SSSR count). The van der Waals surface area contributed by atoms with Crippen LogP contribution in [0.5, 0.6) is 0 Å². The van der Waals surface area contributed by atoms with Gasteiger partial charge in [0.1, 0.15) is 0 Å². The van der Waals surface area contributed by atoms with Gasteiger partial charge in [-0.05, 0) is 59.4 Å². The maximum absolute atomic E-state index is 13.2. The van der Waals surface area contributed by atoms with Gasteiger partial charge in [-0.1, -0.05) is 5.21 Å². The first-order valence-electron chi connectivity index (χ1n) is 9.85. The third-order valence-corrected chi connectivity index (χ3v) is 5.82. The first-order chi connectivity index (χ1) is 12.5. The van der Waals surface area contributed by atoms with Crippen LogP contribution in [0.4, 0.5) is 0 Å². The summed E-state index contributed by atoms with van der Waals surface area (Å²) in [5.74, 6) is 0.779. The fourth-order valence-corrected chi connectivity index (χ4v) is 4.42. The number of carbonyl (C=O) groups excluding carboxylic acids is 1. The minimum absolute atomic E-state index is 0.162. The van der Waals surface area contributed by atoms with Gasteiger partial charge in [0.2, 0.25) is 0 Å². The molecule has 2 aromatic heterocycles. The molecule has 1 aliphatic carbocycles. The van der Waals surface area contributed by atoms with Crippen LogP contribution in [-0.4, -0.2) is 43.0 Å². The van der Waals surface area contributed by atoms with Crippen LogP contribution in [0.25, 0.3) is 0 Å². The van der Waals surface area contributed by atoms with Crippen LogP contribution in [0, 0.1) is 13.8 Å². The van der Waals surface area contributed by atoms with Gasteiger partial charge in [0.05, 0.1) is 23.8 Å². The highest BCUT2D eigenvalue weighted by atomic mass is 16.2. The van der Waals surface area contributed by atoms with E-state index in [0.717, 1.165) is 48.6 Å². The number of nitrogens with zero attached hydrogens (tertiary/aromatic N) is 5. The maximum atomic E-state index is 13.2. The minimum Gasteiger partial charge on any atom is -0.346 e. The van der Waals surface area contributed by atoms with Crippen molar-refractivity contribution in [2.75, 3.05) is 6.54 Å². The van der Waals surface area contributed by atoms with E-state index in [4.69, 9.17) is 0 Å². The predicted octanol–water partition coefficient (Wildman–Crippen LogP) is 3.46. The molecule has 3 heterocycles. The van der Waals surface area contributed by atoms with Crippen LogP contribution in [0.2, 0.25) is 0 Å². The molecule has 1 saturated carbocycles. The molecule has 0 spiro atoms. The molecule has 2 aliphatic rings. The molecule has 6 heteroatoms. The number of likely N-dealkylation sites (tertiary alicyclic amines) is 1. The number of hydrogen-bond acceptors (Lipinski definition) is 3. The average Bonchev–Trinajstić information content (AvgIpc) is 3.02. The monoisotopic (exact) mass is 355 g/mol. The fraction of sp³-hybridized carbons (Fsp3) is 0.650. The van der Waals surface area contributed by atoms with Crippen molar-refractivity contribution < 1.29 is 4.79 Å². The standard InChI is InChI=1S/C20H29N5O/c1-13(2)25-14(3)10-18(15(25)4)20(26)24-9-5-6-17(24)11-23-12-19(21-22-23)16-7-8-16/h10,12-13,16-17H,5-9,11H2,1-4H3/t17-/m0/s1. The van der Waals surface area contributed by atoms with E-state index in [2.05, 4.69) is 48.8 Å². The minimum atomic E-state index is 0.162. The second-order valence-corrected chi connectivity index (χ2v) is 8.18. The lowest BCUT2D eigenvalue weighted by Gasteiger charge is -2.25. The molecular formula is C20H29N5O. The SMILES string of the molecule is Cc1cc(C(=O)N2CCC[C@H]2Cn2cc(C3CC3)nn2)c(C)n1C(C)C. The van der Waals surface area contributed by atoms with Gasteiger partial charge in [0, 0.05) is 36.1 Å². The van der Waals surface area contributed by atoms with Crippen molar-refractivity contribution in [1.82, 2.24) is 24.5 Å². The van der Waals surface area contributed by atoms with Crippen molar-refractivity contribution in [3.8, 4) is 0 Å². The highest BCUT2D eigenvalue weighted by Gasteiger charge is 2.32. The molecular weight excluding hydrogens is 326 g/mol. The molecule has 0 aromatic carbocycles. The van der Waals surface area contributed by atoms with Crippen molar-refractivity contribution in [2.24, 2.45) is 0 Å². The normalized spacial score (nSPS) is 20.3. The highest BCUT2D eigenvalue weighted by molar-refractivity contribution is 5.96. The van der Waals surface area contributed by atoms with Gasteiger partial charge in [-0.15, -0.1) is 5.10 Å². The van der Waals surface area contributed by atoms with E-state index in [1.54, 1.807) is 0 Å². The summed E-state index contributed by atoms with van der Waals surface area (Å²) in [6.07, 6.45) is 6.64. The van der Waals surface area contributed by atoms with Crippen LogP contribution in [0.3, 0.4) is 0 Å². The van der Waals surface area contributed by atoms with Crippen LogP contribution in [0.15, 0.2) is 12.3 Å². The van der Waals surface area contributed by atoms with Crippen molar-refractivity contribution in [3.05, 3.63) is 34.9 Å². The number of rotatable bonds is 5. The summed E-state index contributed by atoms with van der Waals surface area (Å²) in [6, 6.07) is 2.62. The van der Waals surface area contributed by atoms with Gasteiger partial charge in [0.15, 0.2) is 0 Å². The summed E-state index contributed by atoms with van der Waals surface area (Å²) in [7, 11) is 0. The summed E-state index contributed by atoms with van der Waals surface area (Å²) in [5, 5.41) is 8.59. The van der Waals surface area contributed by atoms with E-state index < -0.39 is 0 Å². The Morgan fingerprint density at radius 3 is 2.69 bits per heavy atom. The van der Waals surface area contributed by atoms with Gasteiger partial charge < -0.3 is 9.47 Å². The molecule has 1 saturated heterocycles. The van der Waals surface area contributed by atoms with E-state index >= 15 is 0 Å². The topological polar surface area (TPSA) is 56.0 Å². The van der Waals surface area contributed by atoms with Gasteiger partial charge in [0.25, 0.3) is 5.91 Å². The largest absolute Gasteiger partial charge is 0.346 e. The Morgan fingerprint density at radius 1 is 1.27 bits per heavy atom. The lowest BCUT2D eigenvalue weighted by molar-refractivity contribution is 0.0720. The zero-order valence-corrected chi connectivity index (χ0v) is 16.3. The lowest BCUT2D eigenvalue weighted by Crippen LogP contribution is -2.38.